The molecule has 1 aliphatic rings. The number of carbonyl (C=O) groups is 1. The fraction of sp³-hybridized carbons (Fsp3) is 0.412. The van der Waals surface area contributed by atoms with Crippen molar-refractivity contribution in [2.75, 3.05) is 0 Å². The van der Waals surface area contributed by atoms with Crippen LogP contribution in [0.25, 0.3) is 10.9 Å². The number of rotatable bonds is 2. The van der Waals surface area contributed by atoms with Gasteiger partial charge in [-0.1, -0.05) is 24.6 Å². The molecule has 0 aliphatic heterocycles. The molecule has 0 bridgehead atoms. The molecule has 1 aromatic heterocycles. The van der Waals surface area contributed by atoms with E-state index < -0.39 is 0 Å². The molecular formula is C17H20N2O. The molecule has 3 rings (SSSR count). The van der Waals surface area contributed by atoms with Crippen LogP contribution < -0.4 is 5.32 Å². The molecule has 1 heterocycles. The largest absolute Gasteiger partial charge is 0.354 e. The van der Waals surface area contributed by atoms with E-state index in [1.165, 1.54) is 23.8 Å². The number of benzene rings is 1. The highest BCUT2D eigenvalue weighted by Crippen LogP contribution is 2.33. The van der Waals surface area contributed by atoms with Crippen molar-refractivity contribution in [1.29, 1.82) is 0 Å². The summed E-state index contributed by atoms with van der Waals surface area (Å²) in [5.74, 6) is 0.614. The Kier molecular flexibility index (Phi) is 3.68. The molecule has 2 unspecified atom stereocenters. The summed E-state index contributed by atoms with van der Waals surface area (Å²) in [4.78, 5) is 15.6. The van der Waals surface area contributed by atoms with Crippen LogP contribution in [0.5, 0.6) is 0 Å². The number of nitrogens with one attached hydrogen (secondary N) is 1. The molecule has 3 heteroatoms. The van der Waals surface area contributed by atoms with E-state index >= 15 is 0 Å². The Balaban J connectivity index is 1.81. The van der Waals surface area contributed by atoms with Crippen LogP contribution in [0.4, 0.5) is 0 Å². The minimum absolute atomic E-state index is 0.0795. The van der Waals surface area contributed by atoms with Crippen molar-refractivity contribution in [3.63, 3.8) is 0 Å². The lowest BCUT2D eigenvalue weighted by atomic mass is 9.81. The average molecular weight is 268 g/mol. The van der Waals surface area contributed by atoms with Crippen LogP contribution >= 0.6 is 0 Å². The number of hydrogen-bond acceptors (Lipinski definition) is 2. The number of amides is 1. The second kappa shape index (κ2) is 5.61. The molecule has 1 aromatic carbocycles. The van der Waals surface area contributed by atoms with Crippen LogP contribution in [0.1, 0.15) is 44.1 Å². The van der Waals surface area contributed by atoms with Gasteiger partial charge < -0.3 is 5.32 Å². The van der Waals surface area contributed by atoms with Crippen molar-refractivity contribution in [3.05, 3.63) is 42.1 Å². The maximum absolute atomic E-state index is 11.2. The Labute approximate surface area is 119 Å². The van der Waals surface area contributed by atoms with Crippen LogP contribution in [0.15, 0.2) is 36.5 Å². The van der Waals surface area contributed by atoms with Gasteiger partial charge >= 0.3 is 0 Å². The first-order valence-electron chi connectivity index (χ1n) is 7.34. The molecule has 2 aromatic rings. The van der Waals surface area contributed by atoms with Crippen molar-refractivity contribution in [3.8, 4) is 0 Å². The highest BCUT2D eigenvalue weighted by molar-refractivity contribution is 5.79. The van der Waals surface area contributed by atoms with Gasteiger partial charge in [-0.15, -0.1) is 0 Å². The van der Waals surface area contributed by atoms with Gasteiger partial charge in [-0.3, -0.25) is 9.78 Å². The zero-order chi connectivity index (χ0) is 13.9. The Morgan fingerprint density at radius 3 is 3.05 bits per heavy atom. The molecule has 1 fully saturated rings. The fourth-order valence-corrected chi connectivity index (χ4v) is 3.25. The van der Waals surface area contributed by atoms with Crippen LogP contribution in [0.3, 0.4) is 0 Å². The van der Waals surface area contributed by atoms with E-state index in [9.17, 15) is 4.79 Å². The van der Waals surface area contributed by atoms with Gasteiger partial charge in [-0.25, -0.2) is 0 Å². The SMILES string of the molecule is CC(=O)NC1CCCC(c2ccc3cccnc3c2)C1. The standard InChI is InChI=1S/C17H20N2O/c1-12(20)19-16-6-2-4-14(10-16)15-8-7-13-5-3-9-18-17(13)11-15/h3,5,7-9,11,14,16H,2,4,6,10H2,1H3,(H,19,20). The van der Waals surface area contributed by atoms with Crippen molar-refractivity contribution < 1.29 is 4.79 Å². The minimum atomic E-state index is 0.0795. The summed E-state index contributed by atoms with van der Waals surface area (Å²) < 4.78 is 0. The summed E-state index contributed by atoms with van der Waals surface area (Å²) in [7, 11) is 0. The van der Waals surface area contributed by atoms with E-state index in [-0.39, 0.29) is 5.91 Å². The maximum atomic E-state index is 11.2. The molecule has 104 valence electrons. The summed E-state index contributed by atoms with van der Waals surface area (Å²) in [5, 5.41) is 4.25. The second-order valence-electron chi connectivity index (χ2n) is 5.72. The van der Waals surface area contributed by atoms with E-state index in [1.807, 2.05) is 12.3 Å². The summed E-state index contributed by atoms with van der Waals surface area (Å²) in [6.07, 6.45) is 6.36. The molecule has 0 spiro atoms. The maximum Gasteiger partial charge on any atom is 0.217 e. The highest BCUT2D eigenvalue weighted by atomic mass is 16.1. The first-order valence-corrected chi connectivity index (χ1v) is 7.34. The quantitative estimate of drug-likeness (QED) is 0.907. The Bertz CT molecular complexity index is 623. The van der Waals surface area contributed by atoms with Gasteiger partial charge in [0.1, 0.15) is 0 Å². The van der Waals surface area contributed by atoms with Crippen molar-refractivity contribution in [2.45, 2.75) is 44.6 Å². The lowest BCUT2D eigenvalue weighted by Gasteiger charge is -2.29. The summed E-state index contributed by atoms with van der Waals surface area (Å²) >= 11 is 0. The van der Waals surface area contributed by atoms with E-state index in [4.69, 9.17) is 0 Å². The predicted octanol–water partition coefficient (Wildman–Crippen LogP) is 3.40. The molecule has 1 saturated carbocycles. The number of carbonyl (C=O) groups excluding carboxylic acids is 1. The van der Waals surface area contributed by atoms with Gasteiger partial charge in [0.15, 0.2) is 0 Å². The molecular weight excluding hydrogens is 248 g/mol. The molecule has 1 N–H and O–H groups in total. The predicted molar refractivity (Wildman–Crippen MR) is 80.6 cm³/mol. The van der Waals surface area contributed by atoms with E-state index in [1.54, 1.807) is 6.92 Å². The lowest BCUT2D eigenvalue weighted by molar-refractivity contribution is -0.119. The van der Waals surface area contributed by atoms with Crippen LogP contribution in [-0.4, -0.2) is 16.9 Å². The second-order valence-corrected chi connectivity index (χ2v) is 5.72. The highest BCUT2D eigenvalue weighted by Gasteiger charge is 2.23. The van der Waals surface area contributed by atoms with Gasteiger partial charge in [0.05, 0.1) is 5.52 Å². The third-order valence-corrected chi connectivity index (χ3v) is 4.18. The average Bonchev–Trinajstić information content (AvgIpc) is 2.46. The first kappa shape index (κ1) is 13.1. The number of nitrogens with zero attached hydrogens (tertiary/aromatic N) is 1. The topological polar surface area (TPSA) is 42.0 Å². The molecule has 1 amide bonds. The Morgan fingerprint density at radius 2 is 2.20 bits per heavy atom. The number of pyridine rings is 1. The smallest absolute Gasteiger partial charge is 0.217 e. The monoisotopic (exact) mass is 268 g/mol. The summed E-state index contributed by atoms with van der Waals surface area (Å²) in [5.41, 5.74) is 2.41. The van der Waals surface area contributed by atoms with Gasteiger partial charge in [-0.2, -0.15) is 0 Å². The van der Waals surface area contributed by atoms with Crippen LogP contribution in [0, 0.1) is 0 Å². The lowest BCUT2D eigenvalue weighted by Crippen LogP contribution is -2.36. The molecule has 0 saturated heterocycles. The van der Waals surface area contributed by atoms with E-state index in [0.717, 1.165) is 18.4 Å². The van der Waals surface area contributed by atoms with Crippen LogP contribution in [0.2, 0.25) is 0 Å². The first-order chi connectivity index (χ1) is 9.72. The molecule has 20 heavy (non-hydrogen) atoms. The van der Waals surface area contributed by atoms with E-state index in [2.05, 4.69) is 34.6 Å². The van der Waals surface area contributed by atoms with Gasteiger partial charge in [0.25, 0.3) is 0 Å². The van der Waals surface area contributed by atoms with E-state index in [0.29, 0.717) is 12.0 Å². The summed E-state index contributed by atoms with van der Waals surface area (Å²) in [6, 6.07) is 11.0. The minimum Gasteiger partial charge on any atom is -0.354 e. The normalized spacial score (nSPS) is 22.6. The van der Waals surface area contributed by atoms with Gasteiger partial charge in [0.2, 0.25) is 5.91 Å². The zero-order valence-electron chi connectivity index (χ0n) is 11.8. The fourth-order valence-electron chi connectivity index (χ4n) is 3.25. The third kappa shape index (κ3) is 2.82. The number of hydrogen-bond donors (Lipinski definition) is 1. The third-order valence-electron chi connectivity index (χ3n) is 4.18. The molecule has 0 radical (unpaired) electrons. The molecule has 3 nitrogen and oxygen atoms in total. The van der Waals surface area contributed by atoms with Gasteiger partial charge in [0, 0.05) is 24.5 Å². The van der Waals surface area contributed by atoms with Crippen molar-refractivity contribution in [2.24, 2.45) is 0 Å². The Morgan fingerprint density at radius 1 is 1.30 bits per heavy atom. The number of aromatic nitrogens is 1. The molecule has 1 aliphatic carbocycles. The van der Waals surface area contributed by atoms with Crippen molar-refractivity contribution >= 4 is 16.8 Å². The summed E-state index contributed by atoms with van der Waals surface area (Å²) in [6.45, 7) is 1.60. The number of fused-ring (bicyclic) bond motifs is 1. The zero-order valence-corrected chi connectivity index (χ0v) is 11.8. The van der Waals surface area contributed by atoms with Gasteiger partial charge in [-0.05, 0) is 42.9 Å². The Hall–Kier alpha value is -1.90. The molecule has 2 atom stereocenters. The van der Waals surface area contributed by atoms with Crippen molar-refractivity contribution in [1.82, 2.24) is 10.3 Å². The van der Waals surface area contributed by atoms with Crippen LogP contribution in [-0.2, 0) is 4.79 Å².